The van der Waals surface area contributed by atoms with Crippen molar-refractivity contribution in [3.05, 3.63) is 28.8 Å². The first kappa shape index (κ1) is 14.1. The van der Waals surface area contributed by atoms with Crippen molar-refractivity contribution in [1.82, 2.24) is 5.32 Å². The summed E-state index contributed by atoms with van der Waals surface area (Å²) in [6.07, 6.45) is 1.14. The normalized spacial score (nSPS) is 18.0. The second-order valence-corrected chi connectivity index (χ2v) is 5.12. The predicted molar refractivity (Wildman–Crippen MR) is 73.2 cm³/mol. The topological polar surface area (TPSA) is 84.6 Å². The molecule has 1 heterocycles. The minimum absolute atomic E-state index is 0.132. The van der Waals surface area contributed by atoms with E-state index >= 15 is 0 Å². The van der Waals surface area contributed by atoms with Gasteiger partial charge in [-0.3, -0.25) is 4.79 Å². The molecule has 19 heavy (non-hydrogen) atoms. The number of halogens is 1. The van der Waals surface area contributed by atoms with E-state index in [-0.39, 0.29) is 18.1 Å². The van der Waals surface area contributed by atoms with Crippen LogP contribution >= 0.6 is 11.6 Å². The van der Waals surface area contributed by atoms with Gasteiger partial charge >= 0.3 is 0 Å². The van der Waals surface area contributed by atoms with Crippen molar-refractivity contribution in [2.24, 2.45) is 0 Å². The summed E-state index contributed by atoms with van der Waals surface area (Å²) in [5.74, 6) is -0.362. The van der Waals surface area contributed by atoms with Gasteiger partial charge in [0.2, 0.25) is 0 Å². The first-order valence-corrected chi connectivity index (χ1v) is 6.51. The third-order valence-corrected chi connectivity index (χ3v) is 3.72. The number of aliphatic hydroxyl groups excluding tert-OH is 1. The van der Waals surface area contributed by atoms with Crippen LogP contribution in [-0.2, 0) is 4.74 Å². The Morgan fingerprint density at radius 2 is 2.16 bits per heavy atom. The Hall–Kier alpha value is -1.30. The number of hydrogen-bond acceptors (Lipinski definition) is 4. The molecule has 6 heteroatoms. The van der Waals surface area contributed by atoms with E-state index in [0.717, 1.165) is 0 Å². The molecule has 5 nitrogen and oxygen atoms in total. The van der Waals surface area contributed by atoms with Crippen LogP contribution in [0.25, 0.3) is 0 Å². The summed E-state index contributed by atoms with van der Waals surface area (Å²) in [6, 6.07) is 4.92. The smallest absolute Gasteiger partial charge is 0.255 e. The number of ether oxygens (including phenoxy) is 1. The van der Waals surface area contributed by atoms with Crippen molar-refractivity contribution in [3.8, 4) is 0 Å². The third-order valence-electron chi connectivity index (χ3n) is 3.40. The average Bonchev–Trinajstić information content (AvgIpc) is 2.39. The standard InChI is InChI=1S/C13H17ClN2O3/c14-9-2-1-3-10(15)11(9)12(18)16-13(8-17)4-6-19-7-5-13/h1-3,17H,4-8,15H2,(H,16,18). The van der Waals surface area contributed by atoms with Crippen LogP contribution in [0.5, 0.6) is 0 Å². The second-order valence-electron chi connectivity index (χ2n) is 4.71. The number of hydrogen-bond donors (Lipinski definition) is 3. The number of carbonyl (C=O) groups is 1. The van der Waals surface area contributed by atoms with Gasteiger partial charge in [0.25, 0.3) is 5.91 Å². The fourth-order valence-electron chi connectivity index (χ4n) is 2.17. The molecule has 104 valence electrons. The van der Waals surface area contributed by atoms with Gasteiger partial charge in [-0.15, -0.1) is 0 Å². The van der Waals surface area contributed by atoms with Crippen molar-refractivity contribution < 1.29 is 14.6 Å². The van der Waals surface area contributed by atoms with Crippen LogP contribution in [-0.4, -0.2) is 36.4 Å². The first-order chi connectivity index (χ1) is 9.08. The summed E-state index contributed by atoms with van der Waals surface area (Å²) < 4.78 is 5.25. The van der Waals surface area contributed by atoms with Crippen LogP contribution < -0.4 is 11.1 Å². The predicted octanol–water partition coefficient (Wildman–Crippen LogP) is 1.19. The maximum atomic E-state index is 12.3. The van der Waals surface area contributed by atoms with Crippen LogP contribution in [0.1, 0.15) is 23.2 Å². The monoisotopic (exact) mass is 284 g/mol. The van der Waals surface area contributed by atoms with Gasteiger partial charge in [0.15, 0.2) is 0 Å². The zero-order valence-corrected chi connectivity index (χ0v) is 11.2. The van der Waals surface area contributed by atoms with Gasteiger partial charge in [0, 0.05) is 18.9 Å². The number of carbonyl (C=O) groups excluding carboxylic acids is 1. The maximum Gasteiger partial charge on any atom is 0.255 e. The van der Waals surface area contributed by atoms with E-state index in [4.69, 9.17) is 22.1 Å². The maximum absolute atomic E-state index is 12.3. The Morgan fingerprint density at radius 1 is 1.47 bits per heavy atom. The number of nitrogens with two attached hydrogens (primary N) is 1. The lowest BCUT2D eigenvalue weighted by atomic mass is 9.90. The first-order valence-electron chi connectivity index (χ1n) is 6.13. The molecule has 1 amide bonds. The Kier molecular flexibility index (Phi) is 4.29. The second kappa shape index (κ2) is 5.77. The highest BCUT2D eigenvalue weighted by Gasteiger charge is 2.34. The van der Waals surface area contributed by atoms with E-state index in [1.165, 1.54) is 0 Å². The highest BCUT2D eigenvalue weighted by Crippen LogP contribution is 2.25. The Labute approximate surface area is 116 Å². The summed E-state index contributed by atoms with van der Waals surface area (Å²) in [6.45, 7) is 0.893. The van der Waals surface area contributed by atoms with Crippen molar-refractivity contribution in [1.29, 1.82) is 0 Å². The fraction of sp³-hybridized carbons (Fsp3) is 0.462. The van der Waals surface area contributed by atoms with Crippen LogP contribution in [0.2, 0.25) is 5.02 Å². The molecular formula is C13H17ClN2O3. The van der Waals surface area contributed by atoms with Crippen molar-refractivity contribution in [3.63, 3.8) is 0 Å². The number of nitrogen functional groups attached to an aromatic ring is 1. The van der Waals surface area contributed by atoms with Gasteiger partial charge in [-0.1, -0.05) is 17.7 Å². The Morgan fingerprint density at radius 3 is 2.74 bits per heavy atom. The van der Waals surface area contributed by atoms with Gasteiger partial charge < -0.3 is 20.9 Å². The van der Waals surface area contributed by atoms with E-state index in [1.54, 1.807) is 18.2 Å². The molecule has 0 aromatic heterocycles. The molecule has 0 saturated carbocycles. The highest BCUT2D eigenvalue weighted by atomic mass is 35.5. The van der Waals surface area contributed by atoms with Crippen LogP contribution in [0.3, 0.4) is 0 Å². The Bertz CT molecular complexity index is 453. The number of rotatable bonds is 3. The summed E-state index contributed by atoms with van der Waals surface area (Å²) in [5, 5.41) is 12.7. The zero-order valence-electron chi connectivity index (χ0n) is 10.5. The SMILES string of the molecule is Nc1cccc(Cl)c1C(=O)NC1(CO)CCOCC1. The molecular weight excluding hydrogens is 268 g/mol. The Balaban J connectivity index is 2.20. The molecule has 0 radical (unpaired) electrons. The molecule has 0 bridgehead atoms. The van der Waals surface area contributed by atoms with Crippen LogP contribution in [0.15, 0.2) is 18.2 Å². The van der Waals surface area contributed by atoms with E-state index < -0.39 is 5.54 Å². The number of amides is 1. The summed E-state index contributed by atoms with van der Waals surface area (Å²) in [5.41, 5.74) is 5.71. The lowest BCUT2D eigenvalue weighted by Gasteiger charge is -2.36. The quantitative estimate of drug-likeness (QED) is 0.728. The molecule has 1 aromatic carbocycles. The van der Waals surface area contributed by atoms with Gasteiger partial charge in [-0.05, 0) is 25.0 Å². The minimum Gasteiger partial charge on any atom is -0.398 e. The molecule has 0 atom stereocenters. The summed E-state index contributed by atoms with van der Waals surface area (Å²) in [7, 11) is 0. The molecule has 2 rings (SSSR count). The van der Waals surface area contributed by atoms with E-state index in [2.05, 4.69) is 5.32 Å². The molecule has 1 aliphatic heterocycles. The van der Waals surface area contributed by atoms with Gasteiger partial charge in [-0.2, -0.15) is 0 Å². The highest BCUT2D eigenvalue weighted by molar-refractivity contribution is 6.34. The van der Waals surface area contributed by atoms with Crippen molar-refractivity contribution in [2.45, 2.75) is 18.4 Å². The summed E-state index contributed by atoms with van der Waals surface area (Å²) in [4.78, 5) is 12.3. The third kappa shape index (κ3) is 3.00. The molecule has 1 aliphatic rings. The van der Waals surface area contributed by atoms with E-state index in [9.17, 15) is 9.90 Å². The van der Waals surface area contributed by atoms with Gasteiger partial charge in [-0.25, -0.2) is 0 Å². The molecule has 0 aliphatic carbocycles. The van der Waals surface area contributed by atoms with Crippen molar-refractivity contribution >= 4 is 23.2 Å². The number of aliphatic hydroxyl groups is 1. The lowest BCUT2D eigenvalue weighted by molar-refractivity contribution is 0.0126. The molecule has 0 spiro atoms. The molecule has 4 N–H and O–H groups in total. The molecule has 1 aromatic rings. The largest absolute Gasteiger partial charge is 0.398 e. The summed E-state index contributed by atoms with van der Waals surface area (Å²) >= 11 is 6.00. The number of benzene rings is 1. The molecule has 0 unspecified atom stereocenters. The van der Waals surface area contributed by atoms with E-state index in [0.29, 0.717) is 36.8 Å². The number of nitrogens with one attached hydrogen (secondary N) is 1. The fourth-order valence-corrected chi connectivity index (χ4v) is 2.44. The lowest BCUT2D eigenvalue weighted by Crippen LogP contribution is -2.54. The van der Waals surface area contributed by atoms with Crippen molar-refractivity contribution in [2.75, 3.05) is 25.6 Å². The van der Waals surface area contributed by atoms with Crippen LogP contribution in [0, 0.1) is 0 Å². The van der Waals surface area contributed by atoms with Gasteiger partial charge in [0.1, 0.15) is 0 Å². The minimum atomic E-state index is -0.652. The average molecular weight is 285 g/mol. The molecule has 1 fully saturated rings. The van der Waals surface area contributed by atoms with E-state index in [1.807, 2.05) is 0 Å². The zero-order chi connectivity index (χ0) is 13.9. The number of anilines is 1. The van der Waals surface area contributed by atoms with Crippen LogP contribution in [0.4, 0.5) is 5.69 Å². The van der Waals surface area contributed by atoms with Gasteiger partial charge in [0.05, 0.1) is 22.7 Å². The molecule has 1 saturated heterocycles.